The lowest BCUT2D eigenvalue weighted by molar-refractivity contribution is 0.0948. The molecule has 0 aromatic carbocycles. The quantitative estimate of drug-likeness (QED) is 0.373. The SMILES string of the molecule is COc1ncnc(OC)c1-n1c(CS(=O)(=O)[C@@H](C)[C@H](OC)c2ncc(Cl)cn2)nnc1[C@H]1CC[C@@H]1F. The van der Waals surface area contributed by atoms with Crippen LogP contribution >= 0.6 is 11.6 Å². The Labute approximate surface area is 212 Å². The molecule has 1 aliphatic carbocycles. The van der Waals surface area contributed by atoms with Gasteiger partial charge < -0.3 is 14.2 Å². The Morgan fingerprint density at radius 3 is 2.22 bits per heavy atom. The maximum Gasteiger partial charge on any atom is 0.245 e. The highest BCUT2D eigenvalue weighted by Crippen LogP contribution is 2.42. The fourth-order valence-electron chi connectivity index (χ4n) is 3.97. The molecule has 36 heavy (non-hydrogen) atoms. The third-order valence-electron chi connectivity index (χ3n) is 6.11. The zero-order chi connectivity index (χ0) is 26.0. The molecule has 0 saturated heterocycles. The molecule has 194 valence electrons. The fourth-order valence-corrected chi connectivity index (χ4v) is 5.49. The van der Waals surface area contributed by atoms with Crippen LogP contribution in [0.25, 0.3) is 5.69 Å². The zero-order valence-corrected chi connectivity index (χ0v) is 21.6. The first-order valence-electron chi connectivity index (χ1n) is 10.9. The van der Waals surface area contributed by atoms with Gasteiger partial charge in [0.2, 0.25) is 11.8 Å². The second-order valence-corrected chi connectivity index (χ2v) is 11.0. The Kier molecular flexibility index (Phi) is 7.66. The Morgan fingerprint density at radius 2 is 1.72 bits per heavy atom. The number of sulfone groups is 1. The number of hydrogen-bond donors (Lipinski definition) is 0. The van der Waals surface area contributed by atoms with Gasteiger partial charge in [-0.05, 0) is 19.8 Å². The third kappa shape index (κ3) is 4.84. The van der Waals surface area contributed by atoms with Gasteiger partial charge in [-0.15, -0.1) is 10.2 Å². The molecule has 15 heteroatoms. The van der Waals surface area contributed by atoms with Crippen molar-refractivity contribution in [2.45, 2.75) is 49.0 Å². The minimum atomic E-state index is -3.94. The molecule has 0 bridgehead atoms. The van der Waals surface area contributed by atoms with Crippen LogP contribution in [0.5, 0.6) is 11.8 Å². The van der Waals surface area contributed by atoms with E-state index < -0.39 is 39.0 Å². The smallest absolute Gasteiger partial charge is 0.245 e. The van der Waals surface area contributed by atoms with E-state index in [0.29, 0.717) is 17.9 Å². The summed E-state index contributed by atoms with van der Waals surface area (Å²) in [5.74, 6) is -0.525. The van der Waals surface area contributed by atoms with Crippen molar-refractivity contribution in [3.8, 4) is 17.4 Å². The second kappa shape index (κ2) is 10.6. The van der Waals surface area contributed by atoms with Gasteiger partial charge in [0.05, 0.1) is 30.4 Å². The van der Waals surface area contributed by atoms with Crippen LogP contribution < -0.4 is 9.47 Å². The van der Waals surface area contributed by atoms with Crippen molar-refractivity contribution in [3.63, 3.8) is 0 Å². The lowest BCUT2D eigenvalue weighted by Crippen LogP contribution is -2.31. The number of hydrogen-bond acceptors (Lipinski definition) is 11. The van der Waals surface area contributed by atoms with Gasteiger partial charge in [-0.1, -0.05) is 11.6 Å². The number of ether oxygens (including phenoxy) is 3. The van der Waals surface area contributed by atoms with Gasteiger partial charge in [-0.2, -0.15) is 9.97 Å². The van der Waals surface area contributed by atoms with Gasteiger partial charge in [0.25, 0.3) is 0 Å². The highest BCUT2D eigenvalue weighted by molar-refractivity contribution is 7.91. The molecule has 12 nitrogen and oxygen atoms in total. The Bertz CT molecular complexity index is 1300. The predicted molar refractivity (Wildman–Crippen MR) is 126 cm³/mol. The Hall–Kier alpha value is -2.97. The normalized spacial score (nSPS) is 19.4. The molecule has 4 atom stereocenters. The molecule has 1 aliphatic rings. The average molecular weight is 542 g/mol. The molecule has 1 saturated carbocycles. The molecule has 0 aliphatic heterocycles. The van der Waals surface area contributed by atoms with E-state index in [1.807, 2.05) is 0 Å². The summed E-state index contributed by atoms with van der Waals surface area (Å²) in [7, 11) is 0.207. The zero-order valence-electron chi connectivity index (χ0n) is 20.0. The van der Waals surface area contributed by atoms with E-state index in [0.717, 1.165) is 0 Å². The van der Waals surface area contributed by atoms with Crippen LogP contribution in [0.2, 0.25) is 5.02 Å². The van der Waals surface area contributed by atoms with Gasteiger partial charge in [-0.25, -0.2) is 22.8 Å². The fraction of sp³-hybridized carbons (Fsp3) is 0.524. The molecule has 3 heterocycles. The van der Waals surface area contributed by atoms with Crippen LogP contribution in [0, 0.1) is 0 Å². The first kappa shape index (κ1) is 26.1. The van der Waals surface area contributed by atoms with Gasteiger partial charge in [-0.3, -0.25) is 4.57 Å². The first-order valence-corrected chi connectivity index (χ1v) is 13.0. The van der Waals surface area contributed by atoms with Crippen LogP contribution in [-0.2, 0) is 20.3 Å². The number of aromatic nitrogens is 7. The van der Waals surface area contributed by atoms with E-state index in [1.54, 1.807) is 0 Å². The molecule has 3 aromatic rings. The van der Waals surface area contributed by atoms with Gasteiger partial charge >= 0.3 is 0 Å². The summed E-state index contributed by atoms with van der Waals surface area (Å²) >= 11 is 5.86. The monoisotopic (exact) mass is 541 g/mol. The van der Waals surface area contributed by atoms with Crippen molar-refractivity contribution in [1.29, 1.82) is 0 Å². The third-order valence-corrected chi connectivity index (χ3v) is 8.35. The van der Waals surface area contributed by atoms with Crippen LogP contribution in [-0.4, -0.2) is 75.9 Å². The topological polar surface area (TPSA) is 144 Å². The minimum absolute atomic E-state index is 0.0224. The standard InChI is InChI=1S/C21H25ClFN7O5S/c1-11(17(33-2)18-24-7-12(22)8-25-18)36(31,32)9-15-28-29-19(13-5-6-14(13)23)30(15)16-20(34-3)26-10-27-21(16)35-4/h7-8,10-11,13-14,17H,5-6,9H2,1-4H3/t11-,13-,14-,17-/m0/s1. The molecule has 0 unspecified atom stereocenters. The van der Waals surface area contributed by atoms with Crippen molar-refractivity contribution in [2.75, 3.05) is 21.3 Å². The van der Waals surface area contributed by atoms with Crippen molar-refractivity contribution >= 4 is 21.4 Å². The molecule has 0 radical (unpaired) electrons. The summed E-state index contributed by atoms with van der Waals surface area (Å²) in [4.78, 5) is 16.4. The summed E-state index contributed by atoms with van der Waals surface area (Å²) in [6.07, 6.45) is 2.74. The number of nitrogens with zero attached hydrogens (tertiary/aromatic N) is 7. The largest absolute Gasteiger partial charge is 0.479 e. The van der Waals surface area contributed by atoms with E-state index in [1.165, 1.54) is 51.5 Å². The highest BCUT2D eigenvalue weighted by atomic mass is 35.5. The lowest BCUT2D eigenvalue weighted by atomic mass is 9.82. The molecule has 0 spiro atoms. The highest BCUT2D eigenvalue weighted by Gasteiger charge is 2.40. The summed E-state index contributed by atoms with van der Waals surface area (Å²) in [5, 5.41) is 7.52. The van der Waals surface area contributed by atoms with Gasteiger partial charge in [0.1, 0.15) is 30.2 Å². The van der Waals surface area contributed by atoms with Crippen LogP contribution in [0.3, 0.4) is 0 Å². The summed E-state index contributed by atoms with van der Waals surface area (Å²) in [5.41, 5.74) is 0.184. The lowest BCUT2D eigenvalue weighted by Gasteiger charge is -2.30. The van der Waals surface area contributed by atoms with Crippen LogP contribution in [0.15, 0.2) is 18.7 Å². The first-order chi connectivity index (χ1) is 17.2. The van der Waals surface area contributed by atoms with Crippen molar-refractivity contribution < 1.29 is 27.0 Å². The predicted octanol–water partition coefficient (Wildman–Crippen LogP) is 2.42. The van der Waals surface area contributed by atoms with Crippen LogP contribution in [0.4, 0.5) is 4.39 Å². The summed E-state index contributed by atoms with van der Waals surface area (Å²) < 4.78 is 59.2. The van der Waals surface area contributed by atoms with E-state index in [4.69, 9.17) is 25.8 Å². The molecule has 4 rings (SSSR count). The number of methoxy groups -OCH3 is 3. The molecule has 0 amide bonds. The maximum atomic E-state index is 14.4. The molecular weight excluding hydrogens is 517 g/mol. The van der Waals surface area contributed by atoms with Gasteiger partial charge in [0.15, 0.2) is 27.2 Å². The van der Waals surface area contributed by atoms with E-state index in [-0.39, 0.29) is 34.9 Å². The number of halogens is 2. The summed E-state index contributed by atoms with van der Waals surface area (Å²) in [6.45, 7) is 1.49. The second-order valence-electron chi connectivity index (χ2n) is 8.18. The van der Waals surface area contributed by atoms with Crippen molar-refractivity contribution in [2.24, 2.45) is 0 Å². The summed E-state index contributed by atoms with van der Waals surface area (Å²) in [6, 6.07) is 0. The minimum Gasteiger partial charge on any atom is -0.479 e. The number of rotatable bonds is 10. The van der Waals surface area contributed by atoms with E-state index in [2.05, 4.69) is 30.1 Å². The van der Waals surface area contributed by atoms with Crippen LogP contribution in [0.1, 0.15) is 49.3 Å². The van der Waals surface area contributed by atoms with Gasteiger partial charge in [0, 0.05) is 19.5 Å². The van der Waals surface area contributed by atoms with Crippen molar-refractivity contribution in [3.05, 3.63) is 41.2 Å². The van der Waals surface area contributed by atoms with Crippen molar-refractivity contribution in [1.82, 2.24) is 34.7 Å². The Balaban J connectivity index is 1.78. The Morgan fingerprint density at radius 1 is 1.08 bits per heavy atom. The average Bonchev–Trinajstić information content (AvgIpc) is 3.24. The van der Waals surface area contributed by atoms with E-state index in [9.17, 15) is 12.8 Å². The molecular formula is C21H25ClFN7O5S. The molecule has 0 N–H and O–H groups in total. The maximum absolute atomic E-state index is 14.4. The van der Waals surface area contributed by atoms with E-state index >= 15 is 0 Å². The molecule has 3 aromatic heterocycles. The molecule has 1 fully saturated rings. The number of alkyl halides is 1.